The minimum absolute atomic E-state index is 0.0404. The predicted octanol–water partition coefficient (Wildman–Crippen LogP) is 4.78. The van der Waals surface area contributed by atoms with Crippen LogP contribution < -0.4 is 15.0 Å². The molecule has 168 valence electrons. The largest absolute Gasteiger partial charge is 0.491 e. The lowest BCUT2D eigenvalue weighted by Crippen LogP contribution is -2.41. The van der Waals surface area contributed by atoms with Crippen LogP contribution in [-0.4, -0.2) is 37.1 Å². The number of piperidine rings is 1. The zero-order valence-electron chi connectivity index (χ0n) is 17.4. The summed E-state index contributed by atoms with van der Waals surface area (Å²) >= 11 is 6.03. The van der Waals surface area contributed by atoms with E-state index >= 15 is 0 Å². The second-order valence-electron chi connectivity index (χ2n) is 7.65. The normalized spacial score (nSPS) is 15.1. The number of rotatable bonds is 6. The molecule has 1 aromatic heterocycles. The SMILES string of the molecule is Cc1cccc(C)c1OCCNC(=O)C1CCN(c2ncc(C(F)(F)F)cc2Cl)CC1. The van der Waals surface area contributed by atoms with E-state index < -0.39 is 11.7 Å². The molecule has 0 saturated carbocycles. The molecular weight excluding hydrogens is 431 g/mol. The number of halogens is 4. The van der Waals surface area contributed by atoms with Crippen molar-refractivity contribution < 1.29 is 22.7 Å². The van der Waals surface area contributed by atoms with Crippen molar-refractivity contribution in [2.24, 2.45) is 5.92 Å². The van der Waals surface area contributed by atoms with Gasteiger partial charge < -0.3 is 15.0 Å². The van der Waals surface area contributed by atoms with Gasteiger partial charge in [-0.25, -0.2) is 4.98 Å². The first-order valence-corrected chi connectivity index (χ1v) is 10.5. The Morgan fingerprint density at radius 3 is 2.48 bits per heavy atom. The number of carbonyl (C=O) groups is 1. The number of benzene rings is 1. The molecule has 0 unspecified atom stereocenters. The number of aromatic nitrogens is 1. The summed E-state index contributed by atoms with van der Waals surface area (Å²) in [5.41, 5.74) is 1.22. The summed E-state index contributed by atoms with van der Waals surface area (Å²) < 4.78 is 44.1. The van der Waals surface area contributed by atoms with E-state index in [2.05, 4.69) is 10.3 Å². The molecule has 1 aliphatic heterocycles. The topological polar surface area (TPSA) is 54.5 Å². The fraction of sp³-hybridized carbons (Fsp3) is 0.455. The Hall–Kier alpha value is -2.48. The van der Waals surface area contributed by atoms with E-state index in [1.54, 1.807) is 0 Å². The number of ether oxygens (including phenoxy) is 1. The van der Waals surface area contributed by atoms with E-state index in [0.29, 0.717) is 44.9 Å². The van der Waals surface area contributed by atoms with Crippen molar-refractivity contribution in [3.8, 4) is 5.75 Å². The van der Waals surface area contributed by atoms with Crippen LogP contribution in [0.15, 0.2) is 30.5 Å². The average Bonchev–Trinajstić information content (AvgIpc) is 2.72. The van der Waals surface area contributed by atoms with Gasteiger partial charge in [-0.3, -0.25) is 4.79 Å². The Balaban J connectivity index is 1.46. The van der Waals surface area contributed by atoms with Crippen molar-refractivity contribution in [3.05, 3.63) is 52.2 Å². The van der Waals surface area contributed by atoms with E-state index in [0.717, 1.165) is 29.1 Å². The Morgan fingerprint density at radius 1 is 1.26 bits per heavy atom. The third kappa shape index (κ3) is 5.81. The van der Waals surface area contributed by atoms with Gasteiger partial charge in [0.25, 0.3) is 0 Å². The lowest BCUT2D eigenvalue weighted by Gasteiger charge is -2.32. The molecule has 9 heteroatoms. The summed E-state index contributed by atoms with van der Waals surface area (Å²) in [5, 5.41) is 2.86. The molecule has 1 fully saturated rings. The summed E-state index contributed by atoms with van der Waals surface area (Å²) in [6.45, 7) is 5.73. The minimum atomic E-state index is -4.48. The summed E-state index contributed by atoms with van der Waals surface area (Å²) in [4.78, 5) is 18.2. The van der Waals surface area contributed by atoms with Gasteiger partial charge in [0.15, 0.2) is 0 Å². The average molecular weight is 456 g/mol. The van der Waals surface area contributed by atoms with Gasteiger partial charge in [0.1, 0.15) is 18.2 Å². The third-order valence-electron chi connectivity index (χ3n) is 5.37. The van der Waals surface area contributed by atoms with Gasteiger partial charge in [0.05, 0.1) is 17.1 Å². The van der Waals surface area contributed by atoms with Gasteiger partial charge in [-0.2, -0.15) is 13.2 Å². The first kappa shape index (κ1) is 23.2. The highest BCUT2D eigenvalue weighted by molar-refractivity contribution is 6.33. The number of pyridine rings is 1. The van der Waals surface area contributed by atoms with Gasteiger partial charge in [-0.15, -0.1) is 0 Å². The second kappa shape index (κ2) is 9.77. The summed E-state index contributed by atoms with van der Waals surface area (Å²) in [7, 11) is 0. The zero-order valence-corrected chi connectivity index (χ0v) is 18.2. The molecule has 5 nitrogen and oxygen atoms in total. The fourth-order valence-corrected chi connectivity index (χ4v) is 3.96. The molecule has 1 N–H and O–H groups in total. The van der Waals surface area contributed by atoms with Crippen LogP contribution in [0.5, 0.6) is 5.75 Å². The number of anilines is 1. The molecule has 0 spiro atoms. The van der Waals surface area contributed by atoms with Crippen LogP contribution in [0, 0.1) is 19.8 Å². The zero-order chi connectivity index (χ0) is 22.6. The van der Waals surface area contributed by atoms with Gasteiger partial charge in [-0.05, 0) is 43.9 Å². The molecule has 31 heavy (non-hydrogen) atoms. The molecule has 0 bridgehead atoms. The highest BCUT2D eigenvalue weighted by atomic mass is 35.5. The maximum absolute atomic E-state index is 12.8. The molecule has 1 amide bonds. The van der Waals surface area contributed by atoms with Crippen LogP contribution in [0.1, 0.15) is 29.5 Å². The smallest absolute Gasteiger partial charge is 0.417 e. The van der Waals surface area contributed by atoms with E-state index in [1.165, 1.54) is 0 Å². The number of hydrogen-bond acceptors (Lipinski definition) is 4. The molecule has 2 heterocycles. The first-order valence-electron chi connectivity index (χ1n) is 10.1. The number of hydrogen-bond donors (Lipinski definition) is 1. The molecular formula is C22H25ClF3N3O2. The summed E-state index contributed by atoms with van der Waals surface area (Å²) in [6, 6.07) is 6.82. The molecule has 3 rings (SSSR count). The van der Waals surface area contributed by atoms with Crippen molar-refractivity contribution in [2.45, 2.75) is 32.9 Å². The van der Waals surface area contributed by atoms with Crippen molar-refractivity contribution in [1.82, 2.24) is 10.3 Å². The van der Waals surface area contributed by atoms with E-state index in [-0.39, 0.29) is 16.8 Å². The van der Waals surface area contributed by atoms with Crippen molar-refractivity contribution in [2.75, 3.05) is 31.1 Å². The summed E-state index contributed by atoms with van der Waals surface area (Å²) in [6.07, 6.45) is -2.55. The Bertz CT molecular complexity index is 908. The quantitative estimate of drug-likeness (QED) is 0.637. The van der Waals surface area contributed by atoms with Crippen molar-refractivity contribution >= 4 is 23.3 Å². The number of nitrogens with one attached hydrogen (secondary N) is 1. The van der Waals surface area contributed by atoms with Crippen LogP contribution in [-0.2, 0) is 11.0 Å². The maximum atomic E-state index is 12.8. The van der Waals surface area contributed by atoms with Crippen molar-refractivity contribution in [3.63, 3.8) is 0 Å². The third-order valence-corrected chi connectivity index (χ3v) is 5.65. The number of amides is 1. The highest BCUT2D eigenvalue weighted by Gasteiger charge is 2.33. The van der Waals surface area contributed by atoms with E-state index in [1.807, 2.05) is 36.9 Å². The lowest BCUT2D eigenvalue weighted by molar-refractivity contribution is -0.137. The molecule has 1 saturated heterocycles. The van der Waals surface area contributed by atoms with Crippen LogP contribution in [0.2, 0.25) is 5.02 Å². The fourth-order valence-electron chi connectivity index (χ4n) is 3.67. The molecule has 0 atom stereocenters. The number of aryl methyl sites for hydroxylation is 2. The van der Waals surface area contributed by atoms with E-state index in [9.17, 15) is 18.0 Å². The van der Waals surface area contributed by atoms with Crippen LogP contribution in [0.4, 0.5) is 19.0 Å². The van der Waals surface area contributed by atoms with Gasteiger partial charge in [0, 0.05) is 25.2 Å². The first-order chi connectivity index (χ1) is 14.7. The molecule has 0 aliphatic carbocycles. The number of carbonyl (C=O) groups excluding carboxylic acids is 1. The monoisotopic (exact) mass is 455 g/mol. The maximum Gasteiger partial charge on any atom is 0.417 e. The van der Waals surface area contributed by atoms with Gasteiger partial charge in [0.2, 0.25) is 5.91 Å². The standard InChI is InChI=1S/C22H25ClF3N3O2/c1-14-4-3-5-15(2)19(14)31-11-8-27-21(30)16-6-9-29(10-7-16)20-18(23)12-17(13-28-20)22(24,25)26/h3-5,12-13,16H,6-11H2,1-2H3,(H,27,30). The van der Waals surface area contributed by atoms with Crippen molar-refractivity contribution in [1.29, 1.82) is 0 Å². The number of alkyl halides is 3. The van der Waals surface area contributed by atoms with Gasteiger partial charge >= 0.3 is 6.18 Å². The van der Waals surface area contributed by atoms with Crippen LogP contribution in [0.25, 0.3) is 0 Å². The molecule has 2 aromatic rings. The molecule has 1 aliphatic rings. The number of para-hydroxylation sites is 1. The van der Waals surface area contributed by atoms with Crippen LogP contribution >= 0.6 is 11.6 Å². The second-order valence-corrected chi connectivity index (χ2v) is 8.06. The van der Waals surface area contributed by atoms with Crippen LogP contribution in [0.3, 0.4) is 0 Å². The summed E-state index contributed by atoms with van der Waals surface area (Å²) in [5.74, 6) is 0.947. The molecule has 1 aromatic carbocycles. The Labute approximate surface area is 184 Å². The Kier molecular flexibility index (Phi) is 7.30. The van der Waals surface area contributed by atoms with Gasteiger partial charge in [-0.1, -0.05) is 29.8 Å². The number of nitrogens with zero attached hydrogens (tertiary/aromatic N) is 2. The molecule has 0 radical (unpaired) electrons. The highest BCUT2D eigenvalue weighted by Crippen LogP contribution is 2.34. The van der Waals surface area contributed by atoms with E-state index in [4.69, 9.17) is 16.3 Å². The Morgan fingerprint density at radius 2 is 1.90 bits per heavy atom. The lowest BCUT2D eigenvalue weighted by atomic mass is 9.96. The minimum Gasteiger partial charge on any atom is -0.491 e. The predicted molar refractivity (Wildman–Crippen MR) is 114 cm³/mol.